The third-order valence-corrected chi connectivity index (χ3v) is 7.13. The van der Waals surface area contributed by atoms with Gasteiger partial charge in [0.2, 0.25) is 5.91 Å². The molecule has 0 bridgehead atoms. The fourth-order valence-corrected chi connectivity index (χ4v) is 5.39. The molecule has 160 valence electrons. The molecule has 3 fully saturated rings. The molecule has 0 spiro atoms. The van der Waals surface area contributed by atoms with Gasteiger partial charge in [0.15, 0.2) is 0 Å². The molecule has 7 heteroatoms. The zero-order valence-corrected chi connectivity index (χ0v) is 17.6. The highest BCUT2D eigenvalue weighted by Crippen LogP contribution is 2.46. The normalized spacial score (nSPS) is 30.4. The van der Waals surface area contributed by atoms with E-state index in [0.717, 1.165) is 82.9 Å². The third-order valence-electron chi connectivity index (χ3n) is 7.13. The summed E-state index contributed by atoms with van der Waals surface area (Å²) >= 11 is 0. The van der Waals surface area contributed by atoms with Gasteiger partial charge >= 0.3 is 0 Å². The van der Waals surface area contributed by atoms with Gasteiger partial charge in [0.1, 0.15) is 0 Å². The van der Waals surface area contributed by atoms with Crippen LogP contribution in [0.5, 0.6) is 0 Å². The van der Waals surface area contributed by atoms with Crippen molar-refractivity contribution < 1.29 is 9.53 Å². The molecule has 3 heterocycles. The van der Waals surface area contributed by atoms with Crippen LogP contribution in [0.2, 0.25) is 0 Å². The second-order valence-electron chi connectivity index (χ2n) is 8.77. The summed E-state index contributed by atoms with van der Waals surface area (Å²) in [6, 6.07) is 2.59. The zero-order chi connectivity index (χ0) is 20.1. The van der Waals surface area contributed by atoms with E-state index >= 15 is 0 Å². The molecule has 3 aliphatic rings. The lowest BCUT2D eigenvalue weighted by molar-refractivity contribution is -0.140. The molecule has 1 aliphatic carbocycles. The number of aryl methyl sites for hydroxylation is 1. The number of carbonyl (C=O) groups excluding carboxylic acids is 1. The predicted molar refractivity (Wildman–Crippen MR) is 114 cm³/mol. The first-order chi connectivity index (χ1) is 14.2. The first-order valence-electron chi connectivity index (χ1n) is 11.1. The molecule has 0 unspecified atom stereocenters. The van der Waals surface area contributed by atoms with Crippen molar-refractivity contribution in [2.75, 3.05) is 57.8 Å². The minimum Gasteiger partial charge on any atom is -0.383 e. The number of carbonyl (C=O) groups is 1. The van der Waals surface area contributed by atoms with Crippen LogP contribution in [0.1, 0.15) is 31.2 Å². The van der Waals surface area contributed by atoms with Gasteiger partial charge in [-0.1, -0.05) is 0 Å². The molecular formula is C22H35N5O2. The number of hydrogen-bond donors (Lipinski definition) is 3. The van der Waals surface area contributed by atoms with E-state index in [1.165, 1.54) is 0 Å². The number of morpholine rings is 1. The van der Waals surface area contributed by atoms with Gasteiger partial charge in [0, 0.05) is 56.8 Å². The topological polar surface area (TPSA) is 78.5 Å². The monoisotopic (exact) mass is 401 g/mol. The van der Waals surface area contributed by atoms with E-state index in [2.05, 4.69) is 25.8 Å². The van der Waals surface area contributed by atoms with Crippen LogP contribution < -0.4 is 16.0 Å². The SMILES string of the molecule is Cc1cnccc1NCCNC(=O)[C@@]12CC[C@@H](N3CCOCC3)C[C@H]1CCNC2. The number of amides is 1. The number of rotatable bonds is 6. The van der Waals surface area contributed by atoms with Gasteiger partial charge in [0.05, 0.1) is 18.6 Å². The number of hydrogen-bond acceptors (Lipinski definition) is 6. The lowest BCUT2D eigenvalue weighted by Gasteiger charge is -2.50. The standard InChI is InChI=1S/C22H35N5O2/c1-17-15-23-7-4-20(17)25-8-9-26-21(28)22-5-2-19(27-10-12-29-13-11-27)14-18(22)3-6-24-16-22/h4,7,15,18-19,24H,2-3,5-6,8-14,16H2,1H3,(H,23,25)(H,26,28)/t18-,19-,22-/m1/s1. The minimum atomic E-state index is -0.242. The fraction of sp³-hybridized carbons (Fsp3) is 0.727. The molecule has 29 heavy (non-hydrogen) atoms. The fourth-order valence-electron chi connectivity index (χ4n) is 5.39. The number of nitrogens with one attached hydrogen (secondary N) is 3. The Bertz CT molecular complexity index is 694. The van der Waals surface area contributed by atoms with Crippen LogP contribution in [0.25, 0.3) is 0 Å². The predicted octanol–water partition coefficient (Wildman–Crippen LogP) is 1.40. The van der Waals surface area contributed by atoms with E-state index in [1.54, 1.807) is 6.20 Å². The third kappa shape index (κ3) is 4.57. The number of aromatic nitrogens is 1. The van der Waals surface area contributed by atoms with Gasteiger partial charge in [-0.3, -0.25) is 14.7 Å². The number of nitrogens with zero attached hydrogens (tertiary/aromatic N) is 2. The van der Waals surface area contributed by atoms with Crippen LogP contribution in [-0.2, 0) is 9.53 Å². The van der Waals surface area contributed by atoms with Gasteiger partial charge < -0.3 is 20.7 Å². The van der Waals surface area contributed by atoms with Gasteiger partial charge in [0.25, 0.3) is 0 Å². The summed E-state index contributed by atoms with van der Waals surface area (Å²) in [6.07, 6.45) is 7.98. The maximum atomic E-state index is 13.3. The summed E-state index contributed by atoms with van der Waals surface area (Å²) in [7, 11) is 0. The summed E-state index contributed by atoms with van der Waals surface area (Å²) < 4.78 is 5.52. The van der Waals surface area contributed by atoms with Crippen LogP contribution in [-0.4, -0.2) is 74.3 Å². The summed E-state index contributed by atoms with van der Waals surface area (Å²) in [5.74, 6) is 0.712. The van der Waals surface area contributed by atoms with Crippen molar-refractivity contribution >= 4 is 11.6 Å². The van der Waals surface area contributed by atoms with E-state index in [9.17, 15) is 4.79 Å². The summed E-state index contributed by atoms with van der Waals surface area (Å²) in [5.41, 5.74) is 1.96. The lowest BCUT2D eigenvalue weighted by Crippen LogP contribution is -2.60. The smallest absolute Gasteiger partial charge is 0.227 e. The molecule has 4 rings (SSSR count). The Morgan fingerprint density at radius 3 is 3.03 bits per heavy atom. The Morgan fingerprint density at radius 1 is 1.34 bits per heavy atom. The molecular weight excluding hydrogens is 366 g/mol. The van der Waals surface area contributed by atoms with E-state index in [-0.39, 0.29) is 11.3 Å². The summed E-state index contributed by atoms with van der Waals surface area (Å²) in [4.78, 5) is 20.0. The summed E-state index contributed by atoms with van der Waals surface area (Å²) in [5, 5.41) is 10.1. The molecule has 7 nitrogen and oxygen atoms in total. The van der Waals surface area contributed by atoms with Crippen molar-refractivity contribution in [1.29, 1.82) is 0 Å². The van der Waals surface area contributed by atoms with E-state index in [1.807, 2.05) is 19.2 Å². The molecule has 3 atom stereocenters. The van der Waals surface area contributed by atoms with E-state index < -0.39 is 0 Å². The largest absolute Gasteiger partial charge is 0.383 e. The molecule has 0 radical (unpaired) electrons. The van der Waals surface area contributed by atoms with Gasteiger partial charge in [-0.25, -0.2) is 0 Å². The van der Waals surface area contributed by atoms with Crippen LogP contribution >= 0.6 is 0 Å². The highest BCUT2D eigenvalue weighted by atomic mass is 16.5. The number of ether oxygens (including phenoxy) is 1. The quantitative estimate of drug-likeness (QED) is 0.626. The Hall–Kier alpha value is -1.70. The van der Waals surface area contributed by atoms with Crippen molar-refractivity contribution in [2.24, 2.45) is 11.3 Å². The lowest BCUT2D eigenvalue weighted by atomic mass is 9.61. The Balaban J connectivity index is 1.31. The van der Waals surface area contributed by atoms with E-state index in [0.29, 0.717) is 18.5 Å². The van der Waals surface area contributed by atoms with Crippen molar-refractivity contribution in [3.05, 3.63) is 24.0 Å². The summed E-state index contributed by atoms with van der Waals surface area (Å²) in [6.45, 7) is 9.01. The van der Waals surface area contributed by atoms with Crippen molar-refractivity contribution in [1.82, 2.24) is 20.5 Å². The molecule has 3 N–H and O–H groups in total. The molecule has 2 saturated heterocycles. The number of pyridine rings is 1. The van der Waals surface area contributed by atoms with Crippen molar-refractivity contribution in [3.63, 3.8) is 0 Å². The van der Waals surface area contributed by atoms with Gasteiger partial charge in [-0.15, -0.1) is 0 Å². The van der Waals surface area contributed by atoms with Crippen molar-refractivity contribution in [3.8, 4) is 0 Å². The van der Waals surface area contributed by atoms with Gasteiger partial charge in [-0.2, -0.15) is 0 Å². The Morgan fingerprint density at radius 2 is 2.21 bits per heavy atom. The minimum absolute atomic E-state index is 0.239. The molecule has 2 aliphatic heterocycles. The highest BCUT2D eigenvalue weighted by Gasteiger charge is 2.50. The second kappa shape index (κ2) is 9.41. The Labute approximate surface area is 174 Å². The molecule has 1 aromatic heterocycles. The van der Waals surface area contributed by atoms with Crippen LogP contribution in [0.15, 0.2) is 18.5 Å². The maximum absolute atomic E-state index is 13.3. The maximum Gasteiger partial charge on any atom is 0.227 e. The molecule has 1 saturated carbocycles. The number of fused-ring (bicyclic) bond motifs is 1. The highest BCUT2D eigenvalue weighted by molar-refractivity contribution is 5.83. The number of piperidine rings is 1. The molecule has 1 amide bonds. The first-order valence-corrected chi connectivity index (χ1v) is 11.1. The van der Waals surface area contributed by atoms with Crippen molar-refractivity contribution in [2.45, 2.75) is 38.6 Å². The van der Waals surface area contributed by atoms with Crippen LogP contribution in [0, 0.1) is 18.3 Å². The molecule has 1 aromatic rings. The Kier molecular flexibility index (Phi) is 6.67. The van der Waals surface area contributed by atoms with Crippen LogP contribution in [0.3, 0.4) is 0 Å². The zero-order valence-electron chi connectivity index (χ0n) is 17.6. The van der Waals surface area contributed by atoms with Gasteiger partial charge in [-0.05, 0) is 56.7 Å². The number of anilines is 1. The average Bonchev–Trinajstić information content (AvgIpc) is 2.77. The average molecular weight is 402 g/mol. The second-order valence-corrected chi connectivity index (χ2v) is 8.77. The first kappa shape index (κ1) is 20.6. The molecule has 0 aromatic carbocycles. The van der Waals surface area contributed by atoms with E-state index in [4.69, 9.17) is 4.74 Å². The van der Waals surface area contributed by atoms with Crippen LogP contribution in [0.4, 0.5) is 5.69 Å².